The monoisotopic (exact) mass is 373 g/mol. The number of furan rings is 1. The zero-order valence-electron chi connectivity index (χ0n) is 17.8. The van der Waals surface area contributed by atoms with Gasteiger partial charge in [-0.05, 0) is 62.8 Å². The summed E-state index contributed by atoms with van der Waals surface area (Å²) >= 11 is 0. The molecule has 0 N–H and O–H groups in total. The van der Waals surface area contributed by atoms with Gasteiger partial charge >= 0.3 is 0 Å². The molecule has 28 heavy (non-hydrogen) atoms. The summed E-state index contributed by atoms with van der Waals surface area (Å²) < 4.78 is 8.55. The number of pyridine rings is 2. The number of hydrogen-bond donors (Lipinski definition) is 0. The molecule has 0 atom stereocenters. The maximum atomic E-state index is 6.29. The van der Waals surface area contributed by atoms with Gasteiger partial charge in [0.1, 0.15) is 7.05 Å². The standard InChI is InChI=1S/C25H29N2O/c1-7-18(8-2)21-14-27(6)22(13-16(21)4)23-15(3)9-11-19-20-12-10-17(5)26-25(20)28-24(19)23/h9-14,18H,7-8H2,1-6H3/q+1. The molecular weight excluding hydrogens is 344 g/mol. The van der Waals surface area contributed by atoms with Crippen LogP contribution in [0.1, 0.15) is 55.0 Å². The minimum absolute atomic E-state index is 0.607. The van der Waals surface area contributed by atoms with Crippen molar-refractivity contribution in [2.24, 2.45) is 7.05 Å². The Hall–Kier alpha value is -2.68. The van der Waals surface area contributed by atoms with Crippen LogP contribution >= 0.6 is 0 Å². The van der Waals surface area contributed by atoms with Gasteiger partial charge in [-0.25, -0.2) is 9.55 Å². The van der Waals surface area contributed by atoms with E-state index in [0.717, 1.165) is 33.3 Å². The third kappa shape index (κ3) is 2.90. The summed E-state index contributed by atoms with van der Waals surface area (Å²) in [4.78, 5) is 4.60. The van der Waals surface area contributed by atoms with Gasteiger partial charge in [0.25, 0.3) is 0 Å². The van der Waals surface area contributed by atoms with Gasteiger partial charge < -0.3 is 4.42 Å². The fraction of sp³-hybridized carbons (Fsp3) is 0.360. The lowest BCUT2D eigenvalue weighted by Gasteiger charge is -2.15. The Morgan fingerprint density at radius 1 is 0.964 bits per heavy atom. The number of nitrogens with zero attached hydrogens (tertiary/aromatic N) is 2. The van der Waals surface area contributed by atoms with Crippen molar-refractivity contribution in [1.82, 2.24) is 4.98 Å². The Morgan fingerprint density at radius 3 is 2.39 bits per heavy atom. The zero-order chi connectivity index (χ0) is 20.0. The second-order valence-electron chi connectivity index (χ2n) is 7.96. The molecule has 0 saturated heterocycles. The molecule has 0 aliphatic rings. The molecule has 0 fully saturated rings. The first-order valence-electron chi connectivity index (χ1n) is 10.2. The number of rotatable bonds is 4. The van der Waals surface area contributed by atoms with Crippen molar-refractivity contribution in [3.63, 3.8) is 0 Å². The highest BCUT2D eigenvalue weighted by Gasteiger charge is 2.23. The number of benzene rings is 1. The average molecular weight is 374 g/mol. The first-order valence-corrected chi connectivity index (χ1v) is 10.2. The van der Waals surface area contributed by atoms with Crippen LogP contribution in [0.4, 0.5) is 0 Å². The first kappa shape index (κ1) is 18.7. The van der Waals surface area contributed by atoms with E-state index >= 15 is 0 Å². The van der Waals surface area contributed by atoms with Crippen molar-refractivity contribution in [1.29, 1.82) is 0 Å². The normalized spacial score (nSPS) is 11.8. The molecule has 0 aliphatic carbocycles. The lowest BCUT2D eigenvalue weighted by molar-refractivity contribution is -0.660. The Labute approximate surface area is 167 Å². The maximum Gasteiger partial charge on any atom is 0.227 e. The van der Waals surface area contributed by atoms with Crippen LogP contribution in [0.3, 0.4) is 0 Å². The number of aryl methyl sites for hydroxylation is 4. The van der Waals surface area contributed by atoms with Crippen LogP contribution in [-0.4, -0.2) is 4.98 Å². The van der Waals surface area contributed by atoms with Crippen molar-refractivity contribution in [3.8, 4) is 11.3 Å². The third-order valence-electron chi connectivity index (χ3n) is 6.06. The molecule has 0 saturated carbocycles. The van der Waals surface area contributed by atoms with Crippen LogP contribution in [0.25, 0.3) is 33.3 Å². The van der Waals surface area contributed by atoms with E-state index in [0.29, 0.717) is 5.92 Å². The van der Waals surface area contributed by atoms with Crippen molar-refractivity contribution in [2.45, 2.75) is 53.4 Å². The molecule has 3 aromatic heterocycles. The van der Waals surface area contributed by atoms with Crippen LogP contribution in [0.15, 0.2) is 40.9 Å². The quantitative estimate of drug-likeness (QED) is 0.393. The van der Waals surface area contributed by atoms with E-state index in [1.165, 1.54) is 35.2 Å². The van der Waals surface area contributed by atoms with E-state index in [2.05, 4.69) is 74.8 Å². The SMILES string of the molecule is CCC(CC)c1c[n+](C)c(-c2c(C)ccc3c2oc2nc(C)ccc23)cc1C. The average Bonchev–Trinajstić information content (AvgIpc) is 3.02. The highest BCUT2D eigenvalue weighted by atomic mass is 16.3. The summed E-state index contributed by atoms with van der Waals surface area (Å²) in [5, 5.41) is 2.21. The van der Waals surface area contributed by atoms with Gasteiger partial charge in [0, 0.05) is 28.1 Å². The molecule has 0 amide bonds. The Kier molecular flexibility index (Phi) is 4.70. The lowest BCUT2D eigenvalue weighted by Crippen LogP contribution is -2.32. The fourth-order valence-corrected chi connectivity index (χ4v) is 4.40. The van der Waals surface area contributed by atoms with Crippen molar-refractivity contribution in [3.05, 3.63) is 58.9 Å². The van der Waals surface area contributed by atoms with E-state index in [1.54, 1.807) is 0 Å². The van der Waals surface area contributed by atoms with Crippen LogP contribution in [0.2, 0.25) is 0 Å². The summed E-state index contributed by atoms with van der Waals surface area (Å²) in [6.07, 6.45) is 4.64. The highest BCUT2D eigenvalue weighted by molar-refractivity contribution is 6.08. The summed E-state index contributed by atoms with van der Waals surface area (Å²) in [5.74, 6) is 0.607. The molecule has 1 aromatic carbocycles. The van der Waals surface area contributed by atoms with E-state index < -0.39 is 0 Å². The molecule has 3 nitrogen and oxygen atoms in total. The lowest BCUT2D eigenvalue weighted by atomic mass is 9.90. The van der Waals surface area contributed by atoms with E-state index in [4.69, 9.17) is 4.42 Å². The molecule has 0 unspecified atom stereocenters. The second kappa shape index (κ2) is 7.05. The maximum absolute atomic E-state index is 6.29. The summed E-state index contributed by atoms with van der Waals surface area (Å²) in [6.45, 7) is 10.9. The molecule has 0 radical (unpaired) electrons. The van der Waals surface area contributed by atoms with Crippen LogP contribution in [0, 0.1) is 20.8 Å². The Morgan fingerprint density at radius 2 is 1.68 bits per heavy atom. The molecule has 0 aliphatic heterocycles. The van der Waals surface area contributed by atoms with Crippen molar-refractivity contribution >= 4 is 22.1 Å². The third-order valence-corrected chi connectivity index (χ3v) is 6.06. The molecule has 0 spiro atoms. The number of aromatic nitrogens is 2. The van der Waals surface area contributed by atoms with Crippen LogP contribution in [-0.2, 0) is 7.05 Å². The second-order valence-corrected chi connectivity index (χ2v) is 7.96. The van der Waals surface area contributed by atoms with Crippen molar-refractivity contribution < 1.29 is 8.98 Å². The van der Waals surface area contributed by atoms with E-state index in [-0.39, 0.29) is 0 Å². The topological polar surface area (TPSA) is 29.9 Å². The first-order chi connectivity index (χ1) is 13.4. The van der Waals surface area contributed by atoms with E-state index in [1.807, 2.05) is 13.0 Å². The van der Waals surface area contributed by atoms with E-state index in [9.17, 15) is 0 Å². The number of hydrogen-bond acceptors (Lipinski definition) is 2. The molecule has 4 rings (SSSR count). The molecule has 3 heterocycles. The summed E-state index contributed by atoms with van der Waals surface area (Å²) in [6, 6.07) is 10.8. The van der Waals surface area contributed by atoms with Gasteiger partial charge in [0.2, 0.25) is 11.4 Å². The molecular formula is C25H29N2O+. The molecule has 3 heteroatoms. The van der Waals surface area contributed by atoms with Crippen molar-refractivity contribution in [2.75, 3.05) is 0 Å². The Balaban J connectivity index is 2.00. The van der Waals surface area contributed by atoms with Gasteiger partial charge in [-0.2, -0.15) is 0 Å². The zero-order valence-corrected chi connectivity index (χ0v) is 17.8. The minimum atomic E-state index is 0.607. The minimum Gasteiger partial charge on any atom is -0.437 e. The van der Waals surface area contributed by atoms with Gasteiger partial charge in [-0.3, -0.25) is 0 Å². The summed E-state index contributed by atoms with van der Waals surface area (Å²) in [5.41, 5.74) is 8.98. The largest absolute Gasteiger partial charge is 0.437 e. The molecule has 0 bridgehead atoms. The fourth-order valence-electron chi connectivity index (χ4n) is 4.40. The highest BCUT2D eigenvalue weighted by Crippen LogP contribution is 2.37. The smallest absolute Gasteiger partial charge is 0.227 e. The van der Waals surface area contributed by atoms with Gasteiger partial charge in [-0.1, -0.05) is 26.0 Å². The number of fused-ring (bicyclic) bond motifs is 3. The molecule has 144 valence electrons. The van der Waals surface area contributed by atoms with Gasteiger partial charge in [0.15, 0.2) is 11.8 Å². The predicted molar refractivity (Wildman–Crippen MR) is 116 cm³/mol. The summed E-state index contributed by atoms with van der Waals surface area (Å²) in [7, 11) is 2.14. The molecule has 4 aromatic rings. The van der Waals surface area contributed by atoms with Crippen LogP contribution < -0.4 is 4.57 Å². The van der Waals surface area contributed by atoms with Crippen LogP contribution in [0.5, 0.6) is 0 Å². The predicted octanol–water partition coefficient (Wildman–Crippen LogP) is 6.30. The van der Waals surface area contributed by atoms with Gasteiger partial charge in [-0.15, -0.1) is 0 Å². The Bertz CT molecular complexity index is 1180. The van der Waals surface area contributed by atoms with Gasteiger partial charge in [0.05, 0.1) is 5.56 Å².